The van der Waals surface area contributed by atoms with Gasteiger partial charge in [-0.25, -0.2) is 0 Å². The molecule has 8 heavy (non-hydrogen) atoms. The minimum absolute atomic E-state index is 1.09. The number of hydrogen-bond donors (Lipinski definition) is 0. The summed E-state index contributed by atoms with van der Waals surface area (Å²) in [4.78, 5) is 2.54. The maximum atomic E-state index is 2.54. The Balaban J connectivity index is 2.22. The molecule has 2 heteroatoms. The van der Waals surface area contributed by atoms with Gasteiger partial charge in [0.05, 0.1) is 0 Å². The first-order valence-electron chi connectivity index (χ1n) is 3.26. The first-order valence-corrected chi connectivity index (χ1v) is 5.51. The first-order chi connectivity index (χ1) is 3.83. The van der Waals surface area contributed by atoms with E-state index in [0.717, 1.165) is 3.48 Å². The van der Waals surface area contributed by atoms with E-state index in [9.17, 15) is 0 Å². The third-order valence-corrected chi connectivity index (χ3v) is 3.55. The van der Waals surface area contributed by atoms with Crippen molar-refractivity contribution >= 4 is 25.8 Å². The average Bonchev–Trinajstić information content (AvgIpc) is 2.14. The van der Waals surface area contributed by atoms with Gasteiger partial charge in [0, 0.05) is 0 Å². The quantitative estimate of drug-likeness (QED) is 0.644. The number of likely N-dealkylation sites (tertiary alicyclic amines) is 1. The van der Waals surface area contributed by atoms with E-state index in [1.54, 1.807) is 0 Å². The standard InChI is InChI=1S/C6H12N.Pb/c1-2-7-5-3-4-6-7;/h3H,2,4-6H2,1H3;. The zero-order valence-electron chi connectivity index (χ0n) is 5.35. The van der Waals surface area contributed by atoms with Gasteiger partial charge >= 0.3 is 67.1 Å². The summed E-state index contributed by atoms with van der Waals surface area (Å²) in [5.74, 6) is 0. The molecule has 0 bridgehead atoms. The van der Waals surface area contributed by atoms with Gasteiger partial charge in [-0.1, -0.05) is 0 Å². The van der Waals surface area contributed by atoms with E-state index >= 15 is 0 Å². The molecule has 0 aromatic heterocycles. The van der Waals surface area contributed by atoms with Crippen molar-refractivity contribution < 1.29 is 0 Å². The Labute approximate surface area is 67.1 Å². The summed E-state index contributed by atoms with van der Waals surface area (Å²) in [5.41, 5.74) is 0. The van der Waals surface area contributed by atoms with E-state index in [2.05, 4.69) is 11.8 Å². The molecule has 1 atom stereocenters. The van der Waals surface area contributed by atoms with Crippen LogP contribution >= 0.6 is 0 Å². The fraction of sp³-hybridized carbons (Fsp3) is 1.00. The van der Waals surface area contributed by atoms with Gasteiger partial charge < -0.3 is 0 Å². The van der Waals surface area contributed by atoms with Gasteiger partial charge in [0.15, 0.2) is 0 Å². The molecule has 1 rings (SSSR count). The van der Waals surface area contributed by atoms with Crippen molar-refractivity contribution in [1.82, 2.24) is 4.90 Å². The molecule has 0 N–H and O–H groups in total. The molecule has 1 fully saturated rings. The van der Waals surface area contributed by atoms with Gasteiger partial charge in [0.1, 0.15) is 0 Å². The van der Waals surface area contributed by atoms with Crippen molar-refractivity contribution in [2.24, 2.45) is 0 Å². The van der Waals surface area contributed by atoms with Crippen LogP contribution in [0.1, 0.15) is 13.3 Å². The van der Waals surface area contributed by atoms with Crippen molar-refractivity contribution in [2.45, 2.75) is 16.8 Å². The average molecular weight is 305 g/mol. The molecular weight excluding hydrogens is 293 g/mol. The predicted octanol–water partition coefficient (Wildman–Crippen LogP) is 0.669. The Morgan fingerprint density at radius 1 is 1.75 bits per heavy atom. The SMILES string of the molecule is CCN1CC[CH]([Pb])C1. The van der Waals surface area contributed by atoms with Crippen LogP contribution < -0.4 is 0 Å². The predicted molar refractivity (Wildman–Crippen MR) is 36.2 cm³/mol. The Morgan fingerprint density at radius 2 is 2.50 bits per heavy atom. The van der Waals surface area contributed by atoms with E-state index < -0.39 is 0 Å². The van der Waals surface area contributed by atoms with Crippen LogP contribution in [-0.4, -0.2) is 50.3 Å². The van der Waals surface area contributed by atoms with Crippen LogP contribution in [0.25, 0.3) is 0 Å². The molecule has 1 aliphatic heterocycles. The van der Waals surface area contributed by atoms with Crippen LogP contribution in [-0.2, 0) is 0 Å². The molecule has 0 saturated carbocycles. The normalized spacial score (nSPS) is 31.5. The monoisotopic (exact) mass is 306 g/mol. The van der Waals surface area contributed by atoms with Crippen LogP contribution in [0.5, 0.6) is 0 Å². The van der Waals surface area contributed by atoms with Crippen LogP contribution in [0.15, 0.2) is 0 Å². The third-order valence-electron chi connectivity index (χ3n) is 1.72. The Morgan fingerprint density at radius 3 is 2.75 bits per heavy atom. The summed E-state index contributed by atoms with van der Waals surface area (Å²) in [5, 5.41) is 0. The van der Waals surface area contributed by atoms with Gasteiger partial charge in [0.25, 0.3) is 0 Å². The summed E-state index contributed by atoms with van der Waals surface area (Å²) >= 11 is 1.40. The number of hydrogen-bond acceptors (Lipinski definition) is 1. The molecule has 0 aliphatic carbocycles. The van der Waals surface area contributed by atoms with Gasteiger partial charge in [-0.3, -0.25) is 0 Å². The molecule has 1 nitrogen and oxygen atoms in total. The van der Waals surface area contributed by atoms with Gasteiger partial charge in [-0.05, 0) is 0 Å². The molecule has 1 saturated heterocycles. The molecular formula is C6H12NPb. The molecule has 1 aliphatic rings. The van der Waals surface area contributed by atoms with Crippen LogP contribution in [0.3, 0.4) is 0 Å². The topological polar surface area (TPSA) is 3.24 Å². The molecule has 45 valence electrons. The molecule has 0 spiro atoms. The number of rotatable bonds is 1. The van der Waals surface area contributed by atoms with E-state index in [4.69, 9.17) is 0 Å². The second-order valence-electron chi connectivity index (χ2n) is 2.38. The van der Waals surface area contributed by atoms with Crippen LogP contribution in [0.2, 0.25) is 3.48 Å². The van der Waals surface area contributed by atoms with E-state index in [1.807, 2.05) is 0 Å². The van der Waals surface area contributed by atoms with Gasteiger partial charge in [-0.2, -0.15) is 0 Å². The van der Waals surface area contributed by atoms with Crippen molar-refractivity contribution in [3.63, 3.8) is 0 Å². The summed E-state index contributed by atoms with van der Waals surface area (Å²) in [6.45, 7) is 6.27. The third kappa shape index (κ3) is 1.69. The van der Waals surface area contributed by atoms with Gasteiger partial charge in [-0.15, -0.1) is 0 Å². The van der Waals surface area contributed by atoms with Crippen LogP contribution in [0, 0.1) is 0 Å². The number of nitrogens with zero attached hydrogens (tertiary/aromatic N) is 1. The molecule has 0 amide bonds. The van der Waals surface area contributed by atoms with E-state index in [1.165, 1.54) is 51.8 Å². The van der Waals surface area contributed by atoms with E-state index in [-0.39, 0.29) is 0 Å². The summed E-state index contributed by atoms with van der Waals surface area (Å²) in [6.07, 6.45) is 1.47. The fourth-order valence-electron chi connectivity index (χ4n) is 1.12. The Kier molecular flexibility index (Phi) is 2.76. The van der Waals surface area contributed by atoms with Crippen molar-refractivity contribution in [1.29, 1.82) is 0 Å². The summed E-state index contributed by atoms with van der Waals surface area (Å²) in [6, 6.07) is 0. The van der Waals surface area contributed by atoms with Gasteiger partial charge in [0.2, 0.25) is 0 Å². The zero-order valence-corrected chi connectivity index (χ0v) is 9.24. The fourth-order valence-corrected chi connectivity index (χ4v) is 2.63. The van der Waals surface area contributed by atoms with E-state index in [0.29, 0.717) is 0 Å². The Hall–Kier alpha value is 0.882. The first kappa shape index (κ1) is 6.99. The molecule has 1 unspecified atom stereocenters. The van der Waals surface area contributed by atoms with Crippen molar-refractivity contribution in [3.8, 4) is 0 Å². The molecule has 3 radical (unpaired) electrons. The zero-order chi connectivity index (χ0) is 5.98. The summed E-state index contributed by atoms with van der Waals surface area (Å²) in [7, 11) is 0. The molecule has 0 aromatic rings. The Bertz CT molecular complexity index is 74.9. The minimum atomic E-state index is 1.09. The van der Waals surface area contributed by atoms with Crippen molar-refractivity contribution in [3.05, 3.63) is 0 Å². The molecule has 0 aromatic carbocycles. The molecule has 1 heterocycles. The second kappa shape index (κ2) is 3.15. The second-order valence-corrected chi connectivity index (χ2v) is 5.55. The summed E-state index contributed by atoms with van der Waals surface area (Å²) < 4.78 is 1.09. The maximum absolute atomic E-state index is 2.54. The van der Waals surface area contributed by atoms with Crippen LogP contribution in [0.4, 0.5) is 0 Å². The van der Waals surface area contributed by atoms with Crippen molar-refractivity contribution in [2.75, 3.05) is 19.6 Å².